The first kappa shape index (κ1) is 13.4. The summed E-state index contributed by atoms with van der Waals surface area (Å²) in [5, 5.41) is 0. The normalized spacial score (nSPS) is 11.8. The van der Waals surface area contributed by atoms with Crippen molar-refractivity contribution in [3.8, 4) is 0 Å². The number of amidine groups is 1. The minimum absolute atomic E-state index is 0.815. The van der Waals surface area contributed by atoms with E-state index in [0.717, 1.165) is 18.8 Å². The molecule has 0 aliphatic carbocycles. The van der Waals surface area contributed by atoms with Gasteiger partial charge in [0.25, 0.3) is 0 Å². The molecular weight excluding hydrogens is 174 g/mol. The first-order valence-corrected chi connectivity index (χ1v) is 5.85. The third-order valence-electron chi connectivity index (χ3n) is 2.28. The largest absolute Gasteiger partial charge is 0.312 e. The average Bonchev–Trinajstić information content (AvgIpc) is 2.21. The number of rotatable bonds is 8. The summed E-state index contributed by atoms with van der Waals surface area (Å²) in [4.78, 5) is 4.26. The number of hydrogen-bond acceptors (Lipinski definition) is 2. The van der Waals surface area contributed by atoms with E-state index >= 15 is 0 Å². The van der Waals surface area contributed by atoms with Crippen LogP contribution in [0.15, 0.2) is 4.99 Å². The van der Waals surface area contributed by atoms with Crippen molar-refractivity contribution in [3.63, 3.8) is 0 Å². The Labute approximate surface area is 88.1 Å². The van der Waals surface area contributed by atoms with Gasteiger partial charge in [-0.15, -0.1) is 0 Å². The van der Waals surface area contributed by atoms with E-state index in [0.29, 0.717) is 0 Å². The molecule has 0 atom stereocenters. The first-order valence-electron chi connectivity index (χ1n) is 5.85. The molecule has 84 valence electrons. The van der Waals surface area contributed by atoms with Crippen molar-refractivity contribution in [3.05, 3.63) is 0 Å². The third-order valence-corrected chi connectivity index (χ3v) is 2.28. The number of hydrogen-bond donors (Lipinski definition) is 2. The molecule has 0 saturated carbocycles. The van der Waals surface area contributed by atoms with E-state index in [1.54, 1.807) is 0 Å². The van der Waals surface area contributed by atoms with Crippen LogP contribution < -0.4 is 11.3 Å². The van der Waals surface area contributed by atoms with Crippen molar-refractivity contribution in [1.82, 2.24) is 5.43 Å². The lowest BCUT2D eigenvalue weighted by Gasteiger charge is -2.04. The molecule has 3 N–H and O–H groups in total. The van der Waals surface area contributed by atoms with E-state index in [-0.39, 0.29) is 0 Å². The van der Waals surface area contributed by atoms with E-state index in [2.05, 4.69) is 17.3 Å². The molecule has 0 aliphatic rings. The van der Waals surface area contributed by atoms with Gasteiger partial charge in [-0.2, -0.15) is 0 Å². The van der Waals surface area contributed by atoms with E-state index in [4.69, 9.17) is 5.84 Å². The molecule has 0 amide bonds. The number of nitrogens with two attached hydrogens (primary N) is 1. The second-order valence-corrected chi connectivity index (χ2v) is 3.58. The number of aliphatic imine (C=N–C) groups is 1. The quantitative estimate of drug-likeness (QED) is 0.207. The Hall–Kier alpha value is -0.570. The molecular formula is C11H25N3. The van der Waals surface area contributed by atoms with Gasteiger partial charge in [-0.05, 0) is 13.3 Å². The topological polar surface area (TPSA) is 50.4 Å². The highest BCUT2D eigenvalue weighted by Gasteiger charge is 1.95. The second kappa shape index (κ2) is 10.5. The third kappa shape index (κ3) is 8.05. The zero-order valence-corrected chi connectivity index (χ0v) is 9.68. The lowest BCUT2D eigenvalue weighted by atomic mass is 10.1. The van der Waals surface area contributed by atoms with Gasteiger partial charge in [0.05, 0.1) is 0 Å². The highest BCUT2D eigenvalue weighted by atomic mass is 15.2. The summed E-state index contributed by atoms with van der Waals surface area (Å²) in [5.41, 5.74) is 2.66. The summed E-state index contributed by atoms with van der Waals surface area (Å²) >= 11 is 0. The lowest BCUT2D eigenvalue weighted by Crippen LogP contribution is -2.30. The molecule has 0 aromatic rings. The zero-order chi connectivity index (χ0) is 10.6. The fourth-order valence-electron chi connectivity index (χ4n) is 1.46. The van der Waals surface area contributed by atoms with Gasteiger partial charge in [0, 0.05) is 13.0 Å². The molecule has 0 unspecified atom stereocenters. The lowest BCUT2D eigenvalue weighted by molar-refractivity contribution is 0.612. The van der Waals surface area contributed by atoms with Crippen molar-refractivity contribution < 1.29 is 0 Å². The molecule has 0 radical (unpaired) electrons. The van der Waals surface area contributed by atoms with Crippen LogP contribution >= 0.6 is 0 Å². The molecule has 0 saturated heterocycles. The molecule has 0 spiro atoms. The molecule has 0 aromatic carbocycles. The summed E-state index contributed by atoms with van der Waals surface area (Å²) in [6.07, 6.45) is 8.89. The number of nitrogens with zero attached hydrogens (tertiary/aromatic N) is 1. The van der Waals surface area contributed by atoms with Crippen molar-refractivity contribution in [2.45, 2.75) is 58.8 Å². The van der Waals surface area contributed by atoms with Crippen molar-refractivity contribution in [1.29, 1.82) is 0 Å². The van der Waals surface area contributed by atoms with Gasteiger partial charge in [-0.25, -0.2) is 5.84 Å². The molecule has 0 aromatic heterocycles. The molecule has 3 nitrogen and oxygen atoms in total. The first-order chi connectivity index (χ1) is 6.85. The smallest absolute Gasteiger partial charge is 0.110 e. The van der Waals surface area contributed by atoms with Gasteiger partial charge in [0.1, 0.15) is 5.84 Å². The van der Waals surface area contributed by atoms with Crippen LogP contribution in [0.3, 0.4) is 0 Å². The number of unbranched alkanes of at least 4 members (excludes halogenated alkanes) is 5. The molecule has 0 fully saturated rings. The van der Waals surface area contributed by atoms with Crippen LogP contribution in [0.1, 0.15) is 58.8 Å². The van der Waals surface area contributed by atoms with Crippen molar-refractivity contribution in [2.24, 2.45) is 10.8 Å². The fourth-order valence-corrected chi connectivity index (χ4v) is 1.46. The second-order valence-electron chi connectivity index (χ2n) is 3.58. The van der Waals surface area contributed by atoms with Crippen LogP contribution in [0.4, 0.5) is 0 Å². The van der Waals surface area contributed by atoms with E-state index in [9.17, 15) is 0 Å². The Kier molecular flexibility index (Phi) is 10.1. The predicted molar refractivity (Wildman–Crippen MR) is 63.3 cm³/mol. The van der Waals surface area contributed by atoms with E-state index < -0.39 is 0 Å². The highest BCUT2D eigenvalue weighted by molar-refractivity contribution is 5.81. The standard InChI is InChI=1S/C11H25N3/c1-3-5-6-7-8-9-10-11(14-12)13-4-2/h3-10,12H2,1-2H3,(H,13,14). The molecule has 0 aliphatic heterocycles. The maximum atomic E-state index is 5.34. The molecule has 0 bridgehead atoms. The van der Waals surface area contributed by atoms with Gasteiger partial charge in [0.15, 0.2) is 0 Å². The fraction of sp³-hybridized carbons (Fsp3) is 0.909. The van der Waals surface area contributed by atoms with Crippen molar-refractivity contribution in [2.75, 3.05) is 6.54 Å². The summed E-state index contributed by atoms with van der Waals surface area (Å²) in [6, 6.07) is 0. The summed E-state index contributed by atoms with van der Waals surface area (Å²) in [5.74, 6) is 6.29. The Bertz CT molecular complexity index is 143. The van der Waals surface area contributed by atoms with Gasteiger partial charge in [-0.1, -0.05) is 39.0 Å². The van der Waals surface area contributed by atoms with Gasteiger partial charge < -0.3 is 5.43 Å². The van der Waals surface area contributed by atoms with Crippen molar-refractivity contribution >= 4 is 5.84 Å². The molecule has 0 heterocycles. The van der Waals surface area contributed by atoms with E-state index in [1.807, 2.05) is 6.92 Å². The minimum atomic E-state index is 0.815. The van der Waals surface area contributed by atoms with Gasteiger partial charge >= 0.3 is 0 Å². The van der Waals surface area contributed by atoms with Crippen LogP contribution in [-0.2, 0) is 0 Å². The minimum Gasteiger partial charge on any atom is -0.312 e. The SMILES string of the molecule is CCCCCCCCC(=NCC)NN. The van der Waals surface area contributed by atoms with Crippen LogP contribution in [0.5, 0.6) is 0 Å². The Morgan fingerprint density at radius 3 is 2.29 bits per heavy atom. The molecule has 3 heteroatoms. The highest BCUT2D eigenvalue weighted by Crippen LogP contribution is 2.06. The van der Waals surface area contributed by atoms with Gasteiger partial charge in [-0.3, -0.25) is 4.99 Å². The molecule has 0 rings (SSSR count). The van der Waals surface area contributed by atoms with Crippen LogP contribution in [-0.4, -0.2) is 12.4 Å². The summed E-state index contributed by atoms with van der Waals surface area (Å²) < 4.78 is 0. The Morgan fingerprint density at radius 2 is 1.71 bits per heavy atom. The monoisotopic (exact) mass is 199 g/mol. The number of hydrazine groups is 1. The maximum absolute atomic E-state index is 5.34. The molecule has 14 heavy (non-hydrogen) atoms. The summed E-state index contributed by atoms with van der Waals surface area (Å²) in [7, 11) is 0. The average molecular weight is 199 g/mol. The predicted octanol–water partition coefficient (Wildman–Crippen LogP) is 2.62. The van der Waals surface area contributed by atoms with Crippen LogP contribution in [0.25, 0.3) is 0 Å². The van der Waals surface area contributed by atoms with Gasteiger partial charge in [0.2, 0.25) is 0 Å². The van der Waals surface area contributed by atoms with Crippen LogP contribution in [0.2, 0.25) is 0 Å². The van der Waals surface area contributed by atoms with E-state index in [1.165, 1.54) is 38.5 Å². The maximum Gasteiger partial charge on any atom is 0.110 e. The summed E-state index contributed by atoms with van der Waals surface area (Å²) in [6.45, 7) is 5.08. The Morgan fingerprint density at radius 1 is 1.07 bits per heavy atom. The zero-order valence-electron chi connectivity index (χ0n) is 9.68. The number of nitrogens with one attached hydrogen (secondary N) is 1. The Balaban J connectivity index is 3.29. The van der Waals surface area contributed by atoms with Crippen LogP contribution in [0, 0.1) is 0 Å².